The number of unbranched alkanes of at least 4 members (excludes halogenated alkanes) is 3. The van der Waals surface area contributed by atoms with Gasteiger partial charge in [-0.1, -0.05) is 12.8 Å². The number of hydrogen-bond acceptors (Lipinski definition) is 4. The molecule has 0 radical (unpaired) electrons. The van der Waals surface area contributed by atoms with Crippen LogP contribution in [0.3, 0.4) is 0 Å². The molecule has 1 saturated heterocycles. The predicted octanol–water partition coefficient (Wildman–Crippen LogP) is -0.0891. The molecule has 1 atom stereocenters. The van der Waals surface area contributed by atoms with Crippen molar-refractivity contribution in [2.24, 2.45) is 5.14 Å². The molecule has 1 fully saturated rings. The van der Waals surface area contributed by atoms with Crippen LogP contribution in [0.2, 0.25) is 0 Å². The topological polar surface area (TPSA) is 118 Å². The van der Waals surface area contributed by atoms with Crippen LogP contribution in [0, 0.1) is 0 Å². The van der Waals surface area contributed by atoms with Crippen molar-refractivity contribution in [2.45, 2.75) is 43.8 Å². The van der Waals surface area contributed by atoms with E-state index in [2.05, 4.69) is 0 Å². The molecule has 110 valence electrons. The number of carboxylic acids is 1. The number of nitrogens with two attached hydrogens (primary N) is 1. The number of carbonyl (C=O) groups is 2. The first-order valence-corrected chi connectivity index (χ1v) is 7.93. The lowest BCUT2D eigenvalue weighted by molar-refractivity contribution is -0.137. The summed E-state index contributed by atoms with van der Waals surface area (Å²) >= 11 is 0. The van der Waals surface area contributed by atoms with Crippen LogP contribution < -0.4 is 5.14 Å². The van der Waals surface area contributed by atoms with Crippen LogP contribution in [0.1, 0.15) is 38.5 Å². The SMILES string of the molecule is NS(=O)(=O)C1CC(=O)N(CCCCCCC(=O)O)C1. The van der Waals surface area contributed by atoms with E-state index in [1.165, 1.54) is 4.90 Å². The summed E-state index contributed by atoms with van der Waals surface area (Å²) in [6, 6.07) is 0. The van der Waals surface area contributed by atoms with Gasteiger partial charge in [0.1, 0.15) is 5.25 Å². The van der Waals surface area contributed by atoms with Crippen LogP contribution in [-0.2, 0) is 19.6 Å². The molecule has 0 aromatic rings. The number of carbonyl (C=O) groups excluding carboxylic acids is 1. The Morgan fingerprint density at radius 2 is 1.95 bits per heavy atom. The third kappa shape index (κ3) is 5.56. The number of carboxylic acid groups (broad SMARTS) is 1. The van der Waals surface area contributed by atoms with E-state index in [9.17, 15) is 18.0 Å². The van der Waals surface area contributed by atoms with Gasteiger partial charge in [-0.25, -0.2) is 13.6 Å². The first-order chi connectivity index (χ1) is 8.80. The smallest absolute Gasteiger partial charge is 0.303 e. The zero-order valence-electron chi connectivity index (χ0n) is 10.7. The summed E-state index contributed by atoms with van der Waals surface area (Å²) < 4.78 is 22.3. The van der Waals surface area contributed by atoms with Crippen LogP contribution >= 0.6 is 0 Å². The maximum Gasteiger partial charge on any atom is 0.303 e. The summed E-state index contributed by atoms with van der Waals surface area (Å²) in [7, 11) is -3.64. The second-order valence-corrected chi connectivity index (χ2v) is 6.66. The molecule has 0 bridgehead atoms. The van der Waals surface area contributed by atoms with Crippen LogP contribution in [0.5, 0.6) is 0 Å². The van der Waals surface area contributed by atoms with E-state index >= 15 is 0 Å². The number of aliphatic carboxylic acids is 1. The average molecular weight is 292 g/mol. The van der Waals surface area contributed by atoms with E-state index in [-0.39, 0.29) is 25.3 Å². The van der Waals surface area contributed by atoms with Crippen molar-refractivity contribution in [3.05, 3.63) is 0 Å². The van der Waals surface area contributed by atoms with Gasteiger partial charge in [-0.2, -0.15) is 0 Å². The van der Waals surface area contributed by atoms with Gasteiger partial charge in [0, 0.05) is 25.9 Å². The molecule has 3 N–H and O–H groups in total. The lowest BCUT2D eigenvalue weighted by Crippen LogP contribution is -2.32. The van der Waals surface area contributed by atoms with Gasteiger partial charge in [0.05, 0.1) is 0 Å². The summed E-state index contributed by atoms with van der Waals surface area (Å²) in [5, 5.41) is 12.7. The minimum atomic E-state index is -3.64. The number of rotatable bonds is 8. The first-order valence-electron chi connectivity index (χ1n) is 6.32. The van der Waals surface area contributed by atoms with Gasteiger partial charge in [-0.3, -0.25) is 9.59 Å². The Kier molecular flexibility index (Phi) is 5.74. The van der Waals surface area contributed by atoms with Crippen molar-refractivity contribution < 1.29 is 23.1 Å². The highest BCUT2D eigenvalue weighted by atomic mass is 32.2. The molecule has 0 aromatic heterocycles. The first kappa shape index (κ1) is 15.9. The molecular weight excluding hydrogens is 272 g/mol. The molecule has 1 heterocycles. The van der Waals surface area contributed by atoms with Gasteiger partial charge in [0.2, 0.25) is 15.9 Å². The number of likely N-dealkylation sites (tertiary alicyclic amines) is 1. The minimum Gasteiger partial charge on any atom is -0.481 e. The standard InChI is InChI=1S/C11H20N2O5S/c12-19(17,18)9-7-10(14)13(8-9)6-4-2-1-3-5-11(15)16/h9H,1-8H2,(H,15,16)(H2,12,17,18). The molecule has 1 aliphatic heterocycles. The maximum absolute atomic E-state index is 11.6. The normalized spacial score (nSPS) is 19.9. The van der Waals surface area contributed by atoms with Crippen molar-refractivity contribution in [2.75, 3.05) is 13.1 Å². The molecule has 7 nitrogen and oxygen atoms in total. The Morgan fingerprint density at radius 1 is 1.32 bits per heavy atom. The Bertz CT molecular complexity index is 434. The van der Waals surface area contributed by atoms with Crippen molar-refractivity contribution >= 4 is 21.9 Å². The monoisotopic (exact) mass is 292 g/mol. The Morgan fingerprint density at radius 3 is 2.47 bits per heavy atom. The molecule has 1 unspecified atom stereocenters. The summed E-state index contributed by atoms with van der Waals surface area (Å²) in [6.07, 6.45) is 3.14. The molecule has 0 aromatic carbocycles. The fourth-order valence-corrected chi connectivity index (χ4v) is 2.87. The minimum absolute atomic E-state index is 0.0299. The fourth-order valence-electron chi connectivity index (χ4n) is 2.10. The highest BCUT2D eigenvalue weighted by Gasteiger charge is 2.35. The third-order valence-electron chi connectivity index (χ3n) is 3.21. The van der Waals surface area contributed by atoms with Crippen LogP contribution in [0.15, 0.2) is 0 Å². The fraction of sp³-hybridized carbons (Fsp3) is 0.818. The van der Waals surface area contributed by atoms with E-state index in [1.54, 1.807) is 0 Å². The van der Waals surface area contributed by atoms with Gasteiger partial charge < -0.3 is 10.0 Å². The summed E-state index contributed by atoms with van der Waals surface area (Å²) in [6.45, 7) is 0.685. The van der Waals surface area contributed by atoms with Gasteiger partial charge >= 0.3 is 5.97 Å². The zero-order valence-corrected chi connectivity index (χ0v) is 11.6. The third-order valence-corrected chi connectivity index (χ3v) is 4.46. The number of hydrogen-bond donors (Lipinski definition) is 2. The molecule has 1 amide bonds. The van der Waals surface area contributed by atoms with Gasteiger partial charge in [0.15, 0.2) is 0 Å². The number of nitrogens with zero attached hydrogens (tertiary/aromatic N) is 1. The molecule has 0 aliphatic carbocycles. The van der Waals surface area contributed by atoms with Crippen molar-refractivity contribution in [1.82, 2.24) is 4.90 Å². The van der Waals surface area contributed by atoms with E-state index < -0.39 is 21.2 Å². The molecule has 0 saturated carbocycles. The largest absolute Gasteiger partial charge is 0.481 e. The van der Waals surface area contributed by atoms with Crippen LogP contribution in [-0.4, -0.2) is 48.6 Å². The predicted molar refractivity (Wildman–Crippen MR) is 68.8 cm³/mol. The number of primary sulfonamides is 1. The number of amides is 1. The van der Waals surface area contributed by atoms with E-state index in [1.807, 2.05) is 0 Å². The van der Waals surface area contributed by atoms with Crippen LogP contribution in [0.25, 0.3) is 0 Å². The molecule has 8 heteroatoms. The Labute approximate surface area is 112 Å². The van der Waals surface area contributed by atoms with Crippen molar-refractivity contribution in [3.63, 3.8) is 0 Å². The van der Waals surface area contributed by atoms with Crippen molar-refractivity contribution in [1.29, 1.82) is 0 Å². The Hall–Kier alpha value is -1.15. The van der Waals surface area contributed by atoms with E-state index in [0.717, 1.165) is 19.3 Å². The highest BCUT2D eigenvalue weighted by Crippen LogP contribution is 2.17. The zero-order chi connectivity index (χ0) is 14.5. The van der Waals surface area contributed by atoms with Gasteiger partial charge in [-0.05, 0) is 12.8 Å². The summed E-state index contributed by atoms with van der Waals surface area (Å²) in [5.41, 5.74) is 0. The van der Waals surface area contributed by atoms with Gasteiger partial charge in [-0.15, -0.1) is 0 Å². The molecule has 1 aliphatic rings. The number of sulfonamides is 1. The average Bonchev–Trinajstić information content (AvgIpc) is 2.64. The second-order valence-electron chi connectivity index (χ2n) is 4.81. The van der Waals surface area contributed by atoms with E-state index in [4.69, 9.17) is 10.2 Å². The second kappa shape index (κ2) is 6.85. The molecular formula is C11H20N2O5S. The lowest BCUT2D eigenvalue weighted by atomic mass is 10.1. The Balaban J connectivity index is 2.20. The van der Waals surface area contributed by atoms with Gasteiger partial charge in [0.25, 0.3) is 0 Å². The molecule has 19 heavy (non-hydrogen) atoms. The van der Waals surface area contributed by atoms with E-state index in [0.29, 0.717) is 13.0 Å². The van der Waals surface area contributed by atoms with Crippen LogP contribution in [0.4, 0.5) is 0 Å². The summed E-state index contributed by atoms with van der Waals surface area (Å²) in [5.74, 6) is -0.977. The summed E-state index contributed by atoms with van der Waals surface area (Å²) in [4.78, 5) is 23.4. The quantitative estimate of drug-likeness (QED) is 0.606. The highest BCUT2D eigenvalue weighted by molar-refractivity contribution is 7.89. The van der Waals surface area contributed by atoms with Crippen molar-refractivity contribution in [3.8, 4) is 0 Å². The maximum atomic E-state index is 11.6. The lowest BCUT2D eigenvalue weighted by Gasteiger charge is -2.15. The molecule has 0 spiro atoms. The molecule has 1 rings (SSSR count).